The van der Waals surface area contributed by atoms with Crippen molar-refractivity contribution in [1.82, 2.24) is 4.90 Å². The fraction of sp³-hybridized carbons (Fsp3) is 0.571. The number of hydrogen-bond donors (Lipinski definition) is 1. The highest BCUT2D eigenvalue weighted by atomic mass is 16.2. The van der Waals surface area contributed by atoms with Crippen LogP contribution in [0.25, 0.3) is 0 Å². The summed E-state index contributed by atoms with van der Waals surface area (Å²) in [5, 5.41) is 0. The predicted octanol–water partition coefficient (Wildman–Crippen LogP) is 0.790. The van der Waals surface area contributed by atoms with E-state index < -0.39 is 0 Å². The molecule has 2 aliphatic heterocycles. The van der Waals surface area contributed by atoms with Gasteiger partial charge in [0.1, 0.15) is 0 Å². The van der Waals surface area contributed by atoms with E-state index >= 15 is 0 Å². The topological polar surface area (TPSA) is 62.1 Å². The minimum atomic E-state index is -0.369. The van der Waals surface area contributed by atoms with Crippen LogP contribution in [0.2, 0.25) is 0 Å². The van der Waals surface area contributed by atoms with Gasteiger partial charge in [0.15, 0.2) is 6.04 Å². The first-order valence-electron chi connectivity index (χ1n) is 10.0. The van der Waals surface area contributed by atoms with Gasteiger partial charge in [-0.1, -0.05) is 17.7 Å². The van der Waals surface area contributed by atoms with Crippen molar-refractivity contribution in [1.29, 1.82) is 0 Å². The number of nitrogens with zero attached hydrogens (tertiary/aromatic N) is 2. The maximum Gasteiger partial charge on any atom is 0.292 e. The number of benzene rings is 1. The number of aryl methyl sites for hydroxylation is 1. The van der Waals surface area contributed by atoms with Gasteiger partial charge in [0, 0.05) is 13.1 Å². The van der Waals surface area contributed by atoms with Crippen molar-refractivity contribution in [3.8, 4) is 0 Å². The van der Waals surface area contributed by atoms with Crippen LogP contribution < -0.4 is 9.80 Å². The van der Waals surface area contributed by atoms with Crippen LogP contribution in [0.15, 0.2) is 24.3 Å². The third kappa shape index (κ3) is 3.90. The highest BCUT2D eigenvalue weighted by Gasteiger charge is 2.47. The molecule has 2 heterocycles. The summed E-state index contributed by atoms with van der Waals surface area (Å²) in [7, 11) is 0. The predicted molar refractivity (Wildman–Crippen MR) is 103 cm³/mol. The summed E-state index contributed by atoms with van der Waals surface area (Å²) in [4.78, 5) is 42.6. The van der Waals surface area contributed by atoms with Gasteiger partial charge in [0.25, 0.3) is 5.91 Å². The molecule has 6 heteroatoms. The number of carbonyl (C=O) groups is 3. The van der Waals surface area contributed by atoms with E-state index in [1.807, 2.05) is 49.9 Å². The van der Waals surface area contributed by atoms with Gasteiger partial charge in [-0.2, -0.15) is 0 Å². The zero-order valence-corrected chi connectivity index (χ0v) is 16.5. The van der Waals surface area contributed by atoms with Crippen LogP contribution in [0.5, 0.6) is 0 Å². The lowest BCUT2D eigenvalue weighted by molar-refractivity contribution is -0.922. The van der Waals surface area contributed by atoms with Gasteiger partial charge in [-0.25, -0.2) is 4.90 Å². The minimum absolute atomic E-state index is 0.0509. The SMILES string of the molecule is CCN(CC)C(=O)[C@@H]1CCC[NH+]([C@@H]2CC(=O)N(c3ccc(C)cc3)C2=O)C1. The molecule has 1 N–H and O–H groups in total. The smallest absolute Gasteiger partial charge is 0.292 e. The first-order chi connectivity index (χ1) is 13.0. The van der Waals surface area contributed by atoms with E-state index in [0.29, 0.717) is 25.3 Å². The van der Waals surface area contributed by atoms with Crippen LogP contribution in [-0.4, -0.2) is 54.8 Å². The summed E-state index contributed by atoms with van der Waals surface area (Å²) in [5.74, 6) is -0.136. The van der Waals surface area contributed by atoms with Crippen molar-refractivity contribution < 1.29 is 19.3 Å². The van der Waals surface area contributed by atoms with E-state index in [1.54, 1.807) is 0 Å². The number of amides is 3. The van der Waals surface area contributed by atoms with E-state index in [-0.39, 0.29) is 36.1 Å². The molecular formula is C21H30N3O3+. The number of hydrogen-bond acceptors (Lipinski definition) is 3. The number of likely N-dealkylation sites (tertiary alicyclic amines) is 1. The molecule has 1 aromatic carbocycles. The van der Waals surface area contributed by atoms with E-state index in [4.69, 9.17) is 0 Å². The number of piperidine rings is 1. The fourth-order valence-electron chi connectivity index (χ4n) is 4.33. The maximum atomic E-state index is 13.0. The molecule has 1 unspecified atom stereocenters. The highest BCUT2D eigenvalue weighted by molar-refractivity contribution is 6.21. The zero-order valence-electron chi connectivity index (χ0n) is 16.5. The van der Waals surface area contributed by atoms with Crippen molar-refractivity contribution in [2.45, 2.75) is 46.1 Å². The van der Waals surface area contributed by atoms with E-state index in [0.717, 1.165) is 29.8 Å². The molecule has 0 bridgehead atoms. The van der Waals surface area contributed by atoms with Gasteiger partial charge in [0.05, 0.1) is 31.1 Å². The average Bonchev–Trinajstić information content (AvgIpc) is 2.98. The second-order valence-corrected chi connectivity index (χ2v) is 7.62. The highest BCUT2D eigenvalue weighted by Crippen LogP contribution is 2.23. The Labute approximate surface area is 161 Å². The number of anilines is 1. The Kier molecular flexibility index (Phi) is 5.95. The minimum Gasteiger partial charge on any atom is -0.343 e. The summed E-state index contributed by atoms with van der Waals surface area (Å²) in [6.07, 6.45) is 2.01. The van der Waals surface area contributed by atoms with Crippen molar-refractivity contribution in [3.63, 3.8) is 0 Å². The molecule has 6 nitrogen and oxygen atoms in total. The molecule has 146 valence electrons. The van der Waals surface area contributed by atoms with Crippen LogP contribution >= 0.6 is 0 Å². The maximum absolute atomic E-state index is 13.0. The molecule has 0 aromatic heterocycles. The third-order valence-corrected chi connectivity index (χ3v) is 5.92. The Bertz CT molecular complexity index is 712. The molecule has 3 rings (SSSR count). The molecular weight excluding hydrogens is 342 g/mol. The number of quaternary nitrogens is 1. The fourth-order valence-corrected chi connectivity index (χ4v) is 4.33. The lowest BCUT2D eigenvalue weighted by Gasteiger charge is -2.34. The second kappa shape index (κ2) is 8.21. The Morgan fingerprint density at radius 3 is 2.48 bits per heavy atom. The number of nitrogens with one attached hydrogen (secondary N) is 1. The molecule has 2 aliphatic rings. The molecule has 3 amide bonds. The normalized spacial score (nSPS) is 25.7. The zero-order chi connectivity index (χ0) is 19.6. The summed E-state index contributed by atoms with van der Waals surface area (Å²) >= 11 is 0. The van der Waals surface area contributed by atoms with Crippen LogP contribution in [-0.2, 0) is 14.4 Å². The van der Waals surface area contributed by atoms with Crippen LogP contribution in [0.1, 0.15) is 38.7 Å². The molecule has 0 radical (unpaired) electrons. The number of imide groups is 1. The summed E-state index contributed by atoms with van der Waals surface area (Å²) < 4.78 is 0. The van der Waals surface area contributed by atoms with Crippen molar-refractivity contribution in [2.24, 2.45) is 5.92 Å². The molecule has 0 spiro atoms. The lowest BCUT2D eigenvalue weighted by atomic mass is 9.95. The van der Waals surface area contributed by atoms with Gasteiger partial charge >= 0.3 is 0 Å². The van der Waals surface area contributed by atoms with Gasteiger partial charge < -0.3 is 9.80 Å². The molecule has 0 aliphatic carbocycles. The van der Waals surface area contributed by atoms with Crippen molar-refractivity contribution in [2.75, 3.05) is 31.1 Å². The monoisotopic (exact) mass is 372 g/mol. The molecule has 2 saturated heterocycles. The molecule has 27 heavy (non-hydrogen) atoms. The van der Waals surface area contributed by atoms with Crippen molar-refractivity contribution >= 4 is 23.4 Å². The standard InChI is InChI=1S/C21H29N3O3/c1-4-22(5-2)20(26)16-7-6-12-23(14-16)18-13-19(25)24(21(18)27)17-10-8-15(3)9-11-17/h8-11,16,18H,4-7,12-14H2,1-3H3/p+1/t16-,18-/m1/s1. The Morgan fingerprint density at radius 2 is 1.85 bits per heavy atom. The Morgan fingerprint density at radius 1 is 1.19 bits per heavy atom. The second-order valence-electron chi connectivity index (χ2n) is 7.62. The van der Waals surface area contributed by atoms with Gasteiger partial charge in [-0.05, 0) is 45.7 Å². The van der Waals surface area contributed by atoms with E-state index in [9.17, 15) is 14.4 Å². The van der Waals surface area contributed by atoms with Crippen LogP contribution in [0, 0.1) is 12.8 Å². The Hall–Kier alpha value is -2.21. The molecule has 3 atom stereocenters. The van der Waals surface area contributed by atoms with Crippen LogP contribution in [0.4, 0.5) is 5.69 Å². The van der Waals surface area contributed by atoms with E-state index in [2.05, 4.69) is 0 Å². The number of rotatable bonds is 5. The summed E-state index contributed by atoms with van der Waals surface area (Å²) in [6, 6.07) is 7.11. The van der Waals surface area contributed by atoms with Gasteiger partial charge in [0.2, 0.25) is 11.8 Å². The number of carbonyl (C=O) groups excluding carboxylic acids is 3. The third-order valence-electron chi connectivity index (χ3n) is 5.92. The lowest BCUT2D eigenvalue weighted by Crippen LogP contribution is -3.18. The van der Waals surface area contributed by atoms with E-state index in [1.165, 1.54) is 4.90 Å². The molecule has 2 fully saturated rings. The summed E-state index contributed by atoms with van der Waals surface area (Å²) in [5.41, 5.74) is 1.74. The van der Waals surface area contributed by atoms with Crippen LogP contribution in [0.3, 0.4) is 0 Å². The van der Waals surface area contributed by atoms with Gasteiger partial charge in [-0.3, -0.25) is 14.4 Å². The molecule has 1 aromatic rings. The quantitative estimate of drug-likeness (QED) is 0.778. The van der Waals surface area contributed by atoms with Crippen molar-refractivity contribution in [3.05, 3.63) is 29.8 Å². The first kappa shape index (κ1) is 19.5. The average molecular weight is 372 g/mol. The van der Waals surface area contributed by atoms with Gasteiger partial charge in [-0.15, -0.1) is 0 Å². The Balaban J connectivity index is 1.72. The summed E-state index contributed by atoms with van der Waals surface area (Å²) in [6.45, 7) is 8.87. The first-order valence-corrected chi connectivity index (χ1v) is 10.0. The largest absolute Gasteiger partial charge is 0.343 e. The molecule has 0 saturated carbocycles.